The van der Waals surface area contributed by atoms with Gasteiger partial charge in [-0.05, 0) is 30.5 Å². The quantitative estimate of drug-likeness (QED) is 0.851. The van der Waals surface area contributed by atoms with E-state index in [9.17, 15) is 4.79 Å². The van der Waals surface area contributed by atoms with Crippen molar-refractivity contribution >= 4 is 5.91 Å². The summed E-state index contributed by atoms with van der Waals surface area (Å²) in [5.41, 5.74) is 8.93. The number of benzene rings is 1. The fourth-order valence-corrected chi connectivity index (χ4v) is 2.34. The number of nitrogens with zero attached hydrogens (tertiary/aromatic N) is 1. The Labute approximate surface area is 120 Å². The van der Waals surface area contributed by atoms with Gasteiger partial charge in [0.25, 0.3) is 0 Å². The van der Waals surface area contributed by atoms with Gasteiger partial charge in [0.2, 0.25) is 5.91 Å². The molecule has 0 aliphatic carbocycles. The van der Waals surface area contributed by atoms with E-state index in [0.29, 0.717) is 6.54 Å². The molecule has 1 aromatic carbocycles. The molecule has 5 heteroatoms. The number of likely N-dealkylation sites (N-methyl/N-ethyl adjacent to an activating group) is 1. The average molecular weight is 280 g/mol. The zero-order valence-electron chi connectivity index (χ0n) is 12.9. The molecule has 0 saturated carbocycles. The van der Waals surface area contributed by atoms with Gasteiger partial charge in [-0.15, -0.1) is 0 Å². The number of methoxy groups -OCH3 is 2. The second-order valence-corrected chi connectivity index (χ2v) is 5.02. The van der Waals surface area contributed by atoms with Gasteiger partial charge in [0.15, 0.2) is 0 Å². The Morgan fingerprint density at radius 3 is 2.30 bits per heavy atom. The summed E-state index contributed by atoms with van der Waals surface area (Å²) >= 11 is 0. The number of hydrogen-bond acceptors (Lipinski definition) is 4. The van der Waals surface area contributed by atoms with Crippen LogP contribution in [-0.4, -0.2) is 44.7 Å². The van der Waals surface area contributed by atoms with Crippen LogP contribution in [0.2, 0.25) is 0 Å². The molecule has 5 nitrogen and oxygen atoms in total. The van der Waals surface area contributed by atoms with Crippen molar-refractivity contribution in [3.05, 3.63) is 28.8 Å². The van der Waals surface area contributed by atoms with Crippen LogP contribution in [0.1, 0.15) is 16.7 Å². The molecule has 1 atom stereocenters. The van der Waals surface area contributed by atoms with Crippen molar-refractivity contribution < 1.29 is 14.3 Å². The smallest absolute Gasteiger partial charge is 0.241 e. The number of aryl methyl sites for hydroxylation is 2. The third kappa shape index (κ3) is 3.95. The van der Waals surface area contributed by atoms with Gasteiger partial charge in [-0.3, -0.25) is 4.79 Å². The highest BCUT2D eigenvalue weighted by molar-refractivity contribution is 5.81. The summed E-state index contributed by atoms with van der Waals surface area (Å²) < 4.78 is 10.2. The minimum absolute atomic E-state index is 0.127. The minimum Gasteiger partial charge on any atom is -0.496 e. The Balaban J connectivity index is 2.81. The number of nitrogens with two attached hydrogens (primary N) is 1. The normalized spacial score (nSPS) is 12.1. The Kier molecular flexibility index (Phi) is 5.98. The summed E-state index contributed by atoms with van der Waals surface area (Å²) in [7, 11) is 4.94. The predicted octanol–water partition coefficient (Wildman–Crippen LogP) is 1.24. The number of carbonyl (C=O) groups excluding carboxylic acids is 1. The predicted molar refractivity (Wildman–Crippen MR) is 78.8 cm³/mol. The van der Waals surface area contributed by atoms with Gasteiger partial charge in [-0.25, -0.2) is 0 Å². The highest BCUT2D eigenvalue weighted by atomic mass is 16.5. The lowest BCUT2D eigenvalue weighted by Crippen LogP contribution is -2.44. The van der Waals surface area contributed by atoms with Gasteiger partial charge in [0.05, 0.1) is 13.7 Å². The van der Waals surface area contributed by atoms with Crippen LogP contribution < -0.4 is 10.5 Å². The van der Waals surface area contributed by atoms with Gasteiger partial charge >= 0.3 is 0 Å². The third-order valence-electron chi connectivity index (χ3n) is 3.18. The zero-order chi connectivity index (χ0) is 15.3. The van der Waals surface area contributed by atoms with Gasteiger partial charge < -0.3 is 20.1 Å². The highest BCUT2D eigenvalue weighted by Gasteiger charge is 2.18. The summed E-state index contributed by atoms with van der Waals surface area (Å²) in [4.78, 5) is 13.6. The summed E-state index contributed by atoms with van der Waals surface area (Å²) in [6.45, 7) is 4.73. The maximum atomic E-state index is 12.0. The molecule has 2 N–H and O–H groups in total. The average Bonchev–Trinajstić information content (AvgIpc) is 2.37. The van der Waals surface area contributed by atoms with Gasteiger partial charge in [0.1, 0.15) is 11.8 Å². The van der Waals surface area contributed by atoms with E-state index in [0.717, 1.165) is 22.4 Å². The minimum atomic E-state index is -0.620. The molecular weight excluding hydrogens is 256 g/mol. The van der Waals surface area contributed by atoms with E-state index in [1.165, 1.54) is 7.11 Å². The van der Waals surface area contributed by atoms with E-state index in [4.69, 9.17) is 15.2 Å². The van der Waals surface area contributed by atoms with Crippen LogP contribution in [0.4, 0.5) is 0 Å². The SMILES string of the molecule is COCC(N)C(=O)N(C)Cc1cc(C)c(OC)c(C)c1. The van der Waals surface area contributed by atoms with Crippen molar-refractivity contribution in [1.82, 2.24) is 4.90 Å². The summed E-state index contributed by atoms with van der Waals surface area (Å²) in [6.07, 6.45) is 0. The largest absolute Gasteiger partial charge is 0.496 e. The van der Waals surface area contributed by atoms with Gasteiger partial charge in [0, 0.05) is 20.7 Å². The standard InChI is InChI=1S/C15H24N2O3/c1-10-6-12(7-11(2)14(10)20-5)8-17(3)15(18)13(16)9-19-4/h6-7,13H,8-9,16H2,1-5H3. The van der Waals surface area contributed by atoms with Crippen molar-refractivity contribution in [2.24, 2.45) is 5.73 Å². The number of carbonyl (C=O) groups is 1. The molecule has 0 heterocycles. The second kappa shape index (κ2) is 7.26. The molecular formula is C15H24N2O3. The van der Waals surface area contributed by atoms with E-state index in [1.54, 1.807) is 19.1 Å². The first-order valence-electron chi connectivity index (χ1n) is 6.54. The molecule has 0 saturated heterocycles. The molecule has 0 radical (unpaired) electrons. The Morgan fingerprint density at radius 1 is 1.30 bits per heavy atom. The maximum Gasteiger partial charge on any atom is 0.241 e. The molecule has 0 bridgehead atoms. The lowest BCUT2D eigenvalue weighted by molar-refractivity contribution is -0.132. The molecule has 0 aromatic heterocycles. The van der Waals surface area contributed by atoms with Crippen molar-refractivity contribution in [1.29, 1.82) is 0 Å². The zero-order valence-corrected chi connectivity index (χ0v) is 12.9. The maximum absolute atomic E-state index is 12.0. The second-order valence-electron chi connectivity index (χ2n) is 5.02. The number of amides is 1. The first-order valence-corrected chi connectivity index (χ1v) is 6.54. The highest BCUT2D eigenvalue weighted by Crippen LogP contribution is 2.24. The number of ether oxygens (including phenoxy) is 2. The summed E-state index contributed by atoms with van der Waals surface area (Å²) in [6, 6.07) is 3.43. The fourth-order valence-electron chi connectivity index (χ4n) is 2.34. The topological polar surface area (TPSA) is 64.8 Å². The van der Waals surface area contributed by atoms with Crippen molar-refractivity contribution in [3.63, 3.8) is 0 Å². The van der Waals surface area contributed by atoms with E-state index >= 15 is 0 Å². The lowest BCUT2D eigenvalue weighted by Gasteiger charge is -2.22. The van der Waals surface area contributed by atoms with Crippen LogP contribution in [0, 0.1) is 13.8 Å². The molecule has 0 fully saturated rings. The summed E-state index contributed by atoms with van der Waals surface area (Å²) in [5.74, 6) is 0.761. The first-order chi connectivity index (χ1) is 9.40. The molecule has 1 unspecified atom stereocenters. The fraction of sp³-hybridized carbons (Fsp3) is 0.533. The molecule has 20 heavy (non-hydrogen) atoms. The van der Waals surface area contributed by atoms with Crippen LogP contribution in [0.3, 0.4) is 0 Å². The summed E-state index contributed by atoms with van der Waals surface area (Å²) in [5, 5.41) is 0. The van der Waals surface area contributed by atoms with E-state index in [1.807, 2.05) is 26.0 Å². The molecule has 0 aliphatic heterocycles. The molecule has 0 aliphatic rings. The van der Waals surface area contributed by atoms with Crippen LogP contribution in [-0.2, 0) is 16.1 Å². The lowest BCUT2D eigenvalue weighted by atomic mass is 10.1. The first kappa shape index (κ1) is 16.5. The number of rotatable bonds is 6. The van der Waals surface area contributed by atoms with Crippen LogP contribution in [0.25, 0.3) is 0 Å². The monoisotopic (exact) mass is 280 g/mol. The molecule has 1 amide bonds. The Bertz CT molecular complexity index is 451. The van der Waals surface area contributed by atoms with Crippen molar-refractivity contribution in [2.45, 2.75) is 26.4 Å². The Hall–Kier alpha value is -1.59. The van der Waals surface area contributed by atoms with Crippen molar-refractivity contribution in [2.75, 3.05) is 27.9 Å². The number of hydrogen-bond donors (Lipinski definition) is 1. The third-order valence-corrected chi connectivity index (χ3v) is 3.18. The van der Waals surface area contributed by atoms with Crippen LogP contribution in [0.15, 0.2) is 12.1 Å². The molecule has 1 aromatic rings. The molecule has 112 valence electrons. The van der Waals surface area contributed by atoms with Gasteiger partial charge in [-0.1, -0.05) is 12.1 Å². The van der Waals surface area contributed by atoms with Crippen molar-refractivity contribution in [3.8, 4) is 5.75 Å². The molecule has 0 spiro atoms. The van der Waals surface area contributed by atoms with E-state index in [2.05, 4.69) is 0 Å². The van der Waals surface area contributed by atoms with E-state index < -0.39 is 6.04 Å². The van der Waals surface area contributed by atoms with E-state index in [-0.39, 0.29) is 12.5 Å². The Morgan fingerprint density at radius 2 is 1.85 bits per heavy atom. The van der Waals surface area contributed by atoms with Gasteiger partial charge in [-0.2, -0.15) is 0 Å². The molecule has 1 rings (SSSR count). The van der Waals surface area contributed by atoms with Crippen LogP contribution >= 0.6 is 0 Å². The van der Waals surface area contributed by atoms with Crippen LogP contribution in [0.5, 0.6) is 5.75 Å².